The number of hydrogen-bond donors (Lipinski definition) is 2. The molecule has 0 aromatic rings. The van der Waals surface area contributed by atoms with Gasteiger partial charge in [0, 0.05) is 24.3 Å². The summed E-state index contributed by atoms with van der Waals surface area (Å²) in [5, 5.41) is 7.99. The molecule has 2 aliphatic heterocycles. The maximum atomic E-state index is 11.0. The first kappa shape index (κ1) is 11.8. The largest absolute Gasteiger partial charge is 0.363 e. The van der Waals surface area contributed by atoms with E-state index in [0.29, 0.717) is 17.7 Å². The molecule has 2 unspecified atom stereocenters. The van der Waals surface area contributed by atoms with Crippen LogP contribution in [0.2, 0.25) is 0 Å². The molecule has 0 bridgehead atoms. The molecule has 0 spiro atoms. The van der Waals surface area contributed by atoms with Crippen molar-refractivity contribution in [2.75, 3.05) is 13.1 Å². The van der Waals surface area contributed by atoms with Crippen LogP contribution in [0.4, 0.5) is 0 Å². The Morgan fingerprint density at radius 2 is 2.50 bits per heavy atom. The predicted molar refractivity (Wildman–Crippen MR) is 67.8 cm³/mol. The minimum absolute atomic E-state index is 0.177. The fraction of sp³-hybridized carbons (Fsp3) is 0.818. The molecule has 0 aromatic carbocycles. The molecule has 4 nitrogen and oxygen atoms in total. The van der Waals surface area contributed by atoms with Gasteiger partial charge in [-0.1, -0.05) is 25.1 Å². The molecule has 1 saturated heterocycles. The van der Waals surface area contributed by atoms with Crippen LogP contribution in [-0.2, 0) is 4.79 Å². The van der Waals surface area contributed by atoms with Crippen molar-refractivity contribution in [1.29, 1.82) is 0 Å². The Hall–Kier alpha value is -0.710. The van der Waals surface area contributed by atoms with Gasteiger partial charge in [-0.15, -0.1) is 0 Å². The number of amidine groups is 1. The third-order valence-corrected chi connectivity index (χ3v) is 4.13. The van der Waals surface area contributed by atoms with Gasteiger partial charge in [0.15, 0.2) is 5.17 Å². The van der Waals surface area contributed by atoms with Crippen LogP contribution < -0.4 is 10.6 Å². The second kappa shape index (κ2) is 5.57. The fourth-order valence-corrected chi connectivity index (χ4v) is 3.16. The van der Waals surface area contributed by atoms with Crippen LogP contribution in [0.3, 0.4) is 0 Å². The summed E-state index contributed by atoms with van der Waals surface area (Å²) in [7, 11) is 0. The molecule has 1 amide bonds. The highest BCUT2D eigenvalue weighted by molar-refractivity contribution is 8.14. The first-order valence-electron chi connectivity index (χ1n) is 6.02. The summed E-state index contributed by atoms with van der Waals surface area (Å²) in [6.45, 7) is 3.97. The van der Waals surface area contributed by atoms with Crippen LogP contribution in [0.5, 0.6) is 0 Å². The molecule has 2 rings (SSSR count). The number of rotatable bonds is 4. The summed E-state index contributed by atoms with van der Waals surface area (Å²) in [4.78, 5) is 15.5. The van der Waals surface area contributed by atoms with Crippen molar-refractivity contribution in [2.45, 2.75) is 43.9 Å². The average molecular weight is 241 g/mol. The van der Waals surface area contributed by atoms with E-state index in [-0.39, 0.29) is 5.91 Å². The van der Waals surface area contributed by atoms with Gasteiger partial charge in [-0.25, -0.2) is 0 Å². The number of nitrogens with zero attached hydrogens (tertiary/aromatic N) is 1. The van der Waals surface area contributed by atoms with E-state index in [9.17, 15) is 4.79 Å². The maximum absolute atomic E-state index is 11.0. The molecule has 2 heterocycles. The average Bonchev–Trinajstić information content (AvgIpc) is 2.85. The Morgan fingerprint density at radius 3 is 3.19 bits per heavy atom. The maximum Gasteiger partial charge on any atom is 0.220 e. The molecule has 2 aliphatic rings. The lowest BCUT2D eigenvalue weighted by Crippen LogP contribution is -2.37. The number of thioether (sulfide) groups is 1. The Labute approximate surface area is 101 Å². The van der Waals surface area contributed by atoms with Gasteiger partial charge in [-0.2, -0.15) is 0 Å². The summed E-state index contributed by atoms with van der Waals surface area (Å²) in [6, 6.07) is 0.293. The van der Waals surface area contributed by atoms with E-state index in [2.05, 4.69) is 22.5 Å². The van der Waals surface area contributed by atoms with Gasteiger partial charge in [-0.05, 0) is 12.8 Å². The highest BCUT2D eigenvalue weighted by Crippen LogP contribution is 2.23. The number of hydrogen-bond acceptors (Lipinski definition) is 4. The van der Waals surface area contributed by atoms with Gasteiger partial charge in [0.05, 0.1) is 6.54 Å². The van der Waals surface area contributed by atoms with E-state index in [4.69, 9.17) is 0 Å². The molecule has 5 heteroatoms. The Bertz CT molecular complexity index is 293. The van der Waals surface area contributed by atoms with Crippen molar-refractivity contribution in [3.05, 3.63) is 0 Å². The van der Waals surface area contributed by atoms with Crippen molar-refractivity contribution >= 4 is 22.8 Å². The zero-order chi connectivity index (χ0) is 11.4. The number of amides is 1. The van der Waals surface area contributed by atoms with Crippen LogP contribution in [0.1, 0.15) is 32.6 Å². The zero-order valence-corrected chi connectivity index (χ0v) is 10.5. The van der Waals surface area contributed by atoms with E-state index in [1.165, 1.54) is 12.8 Å². The third-order valence-electron chi connectivity index (χ3n) is 2.91. The van der Waals surface area contributed by atoms with E-state index >= 15 is 0 Å². The summed E-state index contributed by atoms with van der Waals surface area (Å²) in [5.41, 5.74) is 0. The van der Waals surface area contributed by atoms with E-state index in [1.807, 2.05) is 11.8 Å². The molecule has 2 atom stereocenters. The van der Waals surface area contributed by atoms with Gasteiger partial charge in [0.2, 0.25) is 5.91 Å². The Morgan fingerprint density at radius 1 is 1.62 bits per heavy atom. The van der Waals surface area contributed by atoms with Crippen LogP contribution in [0, 0.1) is 0 Å². The van der Waals surface area contributed by atoms with Crippen molar-refractivity contribution in [3.8, 4) is 0 Å². The standard InChI is InChI=1S/C11H19N3OS/c1-2-3-9-7-13-11(16-9)12-6-8-4-5-10(15)14-8/h8-9H,2-7H2,1H3,(H,12,13)(H,14,15). The lowest BCUT2D eigenvalue weighted by atomic mass is 10.2. The number of carbonyl (C=O) groups is 1. The van der Waals surface area contributed by atoms with Crippen LogP contribution in [-0.4, -0.2) is 35.5 Å². The molecule has 0 aromatic heterocycles. The number of carbonyl (C=O) groups excluding carboxylic acids is 1. The third kappa shape index (κ3) is 3.14. The number of nitrogens with one attached hydrogen (secondary N) is 2. The zero-order valence-electron chi connectivity index (χ0n) is 9.66. The lowest BCUT2D eigenvalue weighted by molar-refractivity contribution is -0.119. The quantitative estimate of drug-likeness (QED) is 0.775. The van der Waals surface area contributed by atoms with Gasteiger partial charge in [0.1, 0.15) is 0 Å². The smallest absolute Gasteiger partial charge is 0.220 e. The predicted octanol–water partition coefficient (Wildman–Crippen LogP) is 1.13. The Balaban J connectivity index is 1.66. The second-order valence-corrected chi connectivity index (χ2v) is 5.65. The molecular formula is C11H19N3OS. The van der Waals surface area contributed by atoms with Gasteiger partial charge in [-0.3, -0.25) is 9.79 Å². The van der Waals surface area contributed by atoms with Crippen molar-refractivity contribution in [1.82, 2.24) is 10.6 Å². The van der Waals surface area contributed by atoms with Gasteiger partial charge in [0.25, 0.3) is 0 Å². The lowest BCUT2D eigenvalue weighted by Gasteiger charge is -2.12. The van der Waals surface area contributed by atoms with E-state index < -0.39 is 0 Å². The fourth-order valence-electron chi connectivity index (χ4n) is 2.03. The number of aliphatic imine (C=N–C) groups is 1. The van der Waals surface area contributed by atoms with E-state index in [0.717, 1.165) is 24.7 Å². The summed E-state index contributed by atoms with van der Waals surface area (Å²) >= 11 is 1.85. The minimum Gasteiger partial charge on any atom is -0.363 e. The van der Waals surface area contributed by atoms with Gasteiger partial charge >= 0.3 is 0 Å². The monoisotopic (exact) mass is 241 g/mol. The van der Waals surface area contributed by atoms with Crippen molar-refractivity contribution in [2.24, 2.45) is 4.99 Å². The molecule has 2 N–H and O–H groups in total. The molecule has 1 fully saturated rings. The first-order chi connectivity index (χ1) is 7.78. The molecular weight excluding hydrogens is 222 g/mol. The highest BCUT2D eigenvalue weighted by atomic mass is 32.2. The topological polar surface area (TPSA) is 53.5 Å². The summed E-state index contributed by atoms with van der Waals surface area (Å²) in [6.07, 6.45) is 4.07. The van der Waals surface area contributed by atoms with E-state index in [1.54, 1.807) is 0 Å². The second-order valence-electron chi connectivity index (χ2n) is 4.36. The first-order valence-corrected chi connectivity index (χ1v) is 6.90. The Kier molecular flexibility index (Phi) is 4.09. The summed E-state index contributed by atoms with van der Waals surface area (Å²) in [5.74, 6) is 0.177. The molecule has 90 valence electrons. The summed E-state index contributed by atoms with van der Waals surface area (Å²) < 4.78 is 0. The SMILES string of the molecule is CCCC1CN=C(NCC2CCC(=O)N2)S1. The normalized spacial score (nSPS) is 29.1. The molecule has 0 radical (unpaired) electrons. The van der Waals surface area contributed by atoms with Crippen LogP contribution >= 0.6 is 11.8 Å². The van der Waals surface area contributed by atoms with Crippen molar-refractivity contribution < 1.29 is 4.79 Å². The van der Waals surface area contributed by atoms with Gasteiger partial charge < -0.3 is 10.6 Å². The molecule has 16 heavy (non-hydrogen) atoms. The molecule has 0 saturated carbocycles. The van der Waals surface area contributed by atoms with Crippen LogP contribution in [0.25, 0.3) is 0 Å². The van der Waals surface area contributed by atoms with Crippen LogP contribution in [0.15, 0.2) is 4.99 Å². The van der Waals surface area contributed by atoms with Crippen molar-refractivity contribution in [3.63, 3.8) is 0 Å². The molecule has 0 aliphatic carbocycles. The minimum atomic E-state index is 0.177. The highest BCUT2D eigenvalue weighted by Gasteiger charge is 2.23.